The van der Waals surface area contributed by atoms with E-state index in [1.165, 1.54) is 0 Å². The van der Waals surface area contributed by atoms with E-state index < -0.39 is 9.84 Å². The predicted molar refractivity (Wildman–Crippen MR) is 104 cm³/mol. The van der Waals surface area contributed by atoms with Crippen LogP contribution in [0.5, 0.6) is 0 Å². The maximum atomic E-state index is 11.4. The smallest absolute Gasteiger partial charge is 0.191 e. The largest absolute Gasteiger partial charge is 0.357 e. The van der Waals surface area contributed by atoms with Crippen LogP contribution in [0.25, 0.3) is 0 Å². The van der Waals surface area contributed by atoms with Crippen LogP contribution in [0.2, 0.25) is 0 Å². The lowest BCUT2D eigenvalue weighted by atomic mass is 10.3. The number of nitrogens with zero attached hydrogens (tertiary/aromatic N) is 2. The minimum absolute atomic E-state index is 0. The summed E-state index contributed by atoms with van der Waals surface area (Å²) < 4.78 is 22.8. The summed E-state index contributed by atoms with van der Waals surface area (Å²) in [5, 5.41) is 9.41. The van der Waals surface area contributed by atoms with Crippen molar-refractivity contribution in [1.82, 2.24) is 15.6 Å². The molecule has 0 unspecified atom stereocenters. The van der Waals surface area contributed by atoms with E-state index in [0.717, 1.165) is 30.2 Å². The Morgan fingerprint density at radius 2 is 2.09 bits per heavy atom. The molecule has 128 valence electrons. The van der Waals surface area contributed by atoms with Crippen molar-refractivity contribution in [2.75, 3.05) is 31.1 Å². The van der Waals surface area contributed by atoms with Gasteiger partial charge in [-0.15, -0.1) is 35.3 Å². The summed E-state index contributed by atoms with van der Waals surface area (Å²) in [6.45, 7) is 7.35. The fraction of sp³-hybridized carbons (Fsp3) is 0.692. The van der Waals surface area contributed by atoms with Crippen LogP contribution in [0.1, 0.15) is 24.5 Å². The molecule has 22 heavy (non-hydrogen) atoms. The lowest BCUT2D eigenvalue weighted by Crippen LogP contribution is -2.38. The molecule has 1 rings (SSSR count). The van der Waals surface area contributed by atoms with E-state index in [9.17, 15) is 8.42 Å². The van der Waals surface area contributed by atoms with Gasteiger partial charge in [0, 0.05) is 30.6 Å². The van der Waals surface area contributed by atoms with Crippen molar-refractivity contribution in [1.29, 1.82) is 0 Å². The van der Waals surface area contributed by atoms with Gasteiger partial charge < -0.3 is 10.6 Å². The molecule has 0 radical (unpaired) electrons. The van der Waals surface area contributed by atoms with Crippen molar-refractivity contribution in [2.24, 2.45) is 4.99 Å². The van der Waals surface area contributed by atoms with Gasteiger partial charge in [0.25, 0.3) is 0 Å². The van der Waals surface area contributed by atoms with Crippen LogP contribution >= 0.6 is 35.3 Å². The number of aryl methyl sites for hydroxylation is 1. The molecule has 0 amide bonds. The van der Waals surface area contributed by atoms with Crippen LogP contribution in [0, 0.1) is 6.92 Å². The van der Waals surface area contributed by atoms with Crippen LogP contribution in [0.4, 0.5) is 0 Å². The van der Waals surface area contributed by atoms with E-state index in [-0.39, 0.29) is 42.0 Å². The molecule has 0 aliphatic carbocycles. The highest BCUT2D eigenvalue weighted by Crippen LogP contribution is 2.07. The first-order valence-corrected chi connectivity index (χ1v) is 9.80. The zero-order chi connectivity index (χ0) is 15.7. The topological polar surface area (TPSA) is 83.5 Å². The fourth-order valence-corrected chi connectivity index (χ4v) is 2.92. The summed E-state index contributed by atoms with van der Waals surface area (Å²) in [5.41, 5.74) is 1.06. The average Bonchev–Trinajstić information content (AvgIpc) is 2.84. The number of guanidine groups is 1. The van der Waals surface area contributed by atoms with Crippen molar-refractivity contribution in [2.45, 2.75) is 27.2 Å². The number of aliphatic imine (C=N–C) groups is 1. The molecule has 1 aromatic heterocycles. The van der Waals surface area contributed by atoms with Gasteiger partial charge in [0.2, 0.25) is 0 Å². The van der Waals surface area contributed by atoms with Crippen LogP contribution < -0.4 is 10.6 Å². The second-order valence-corrected chi connectivity index (χ2v) is 8.07. The Morgan fingerprint density at radius 3 is 2.64 bits per heavy atom. The third-order valence-corrected chi connectivity index (χ3v) is 5.30. The van der Waals surface area contributed by atoms with Gasteiger partial charge in [-0.25, -0.2) is 13.4 Å². The predicted octanol–water partition coefficient (Wildman–Crippen LogP) is 1.60. The van der Waals surface area contributed by atoms with Gasteiger partial charge in [0.1, 0.15) is 0 Å². The normalized spacial score (nSPS) is 11.9. The maximum absolute atomic E-state index is 11.4. The van der Waals surface area contributed by atoms with Crippen LogP contribution in [-0.2, 0) is 16.3 Å². The van der Waals surface area contributed by atoms with Gasteiger partial charge in [0.05, 0.1) is 23.0 Å². The third kappa shape index (κ3) is 8.89. The van der Waals surface area contributed by atoms with E-state index in [2.05, 4.69) is 26.0 Å². The summed E-state index contributed by atoms with van der Waals surface area (Å²) in [7, 11) is -2.96. The Kier molecular flexibility index (Phi) is 11.0. The van der Waals surface area contributed by atoms with Crippen LogP contribution in [-0.4, -0.2) is 50.5 Å². The highest BCUT2D eigenvalue weighted by atomic mass is 127. The summed E-state index contributed by atoms with van der Waals surface area (Å²) in [5.74, 6) is 0.900. The molecule has 1 heterocycles. The van der Waals surface area contributed by atoms with Gasteiger partial charge in [-0.2, -0.15) is 0 Å². The zero-order valence-corrected chi connectivity index (χ0v) is 17.2. The van der Waals surface area contributed by atoms with Crippen molar-refractivity contribution in [3.63, 3.8) is 0 Å². The Hall–Kier alpha value is -0.420. The summed E-state index contributed by atoms with van der Waals surface area (Å²) in [6, 6.07) is 0. The highest BCUT2D eigenvalue weighted by molar-refractivity contribution is 14.0. The van der Waals surface area contributed by atoms with E-state index in [4.69, 9.17) is 0 Å². The van der Waals surface area contributed by atoms with Crippen LogP contribution in [0.3, 0.4) is 0 Å². The number of aromatic nitrogens is 1. The summed E-state index contributed by atoms with van der Waals surface area (Å²) >= 11 is 1.64. The molecule has 0 saturated carbocycles. The first-order valence-electron chi connectivity index (χ1n) is 7.10. The van der Waals surface area contributed by atoms with Crippen LogP contribution in [0.15, 0.2) is 10.4 Å². The molecule has 2 N–H and O–H groups in total. The second kappa shape index (κ2) is 11.2. The highest BCUT2D eigenvalue weighted by Gasteiger charge is 2.06. The first-order chi connectivity index (χ1) is 9.96. The second-order valence-electron chi connectivity index (χ2n) is 4.53. The molecule has 0 saturated heterocycles. The van der Waals surface area contributed by atoms with Gasteiger partial charge >= 0.3 is 0 Å². The number of hydrogen-bond donors (Lipinski definition) is 2. The molecule has 6 nitrogen and oxygen atoms in total. The zero-order valence-electron chi connectivity index (χ0n) is 13.3. The van der Waals surface area contributed by atoms with Crippen molar-refractivity contribution in [3.05, 3.63) is 16.1 Å². The van der Waals surface area contributed by atoms with E-state index in [1.807, 2.05) is 13.8 Å². The Balaban J connectivity index is 0.00000441. The molecular weight excluding hydrogens is 435 g/mol. The Morgan fingerprint density at radius 1 is 1.36 bits per heavy atom. The van der Waals surface area contributed by atoms with E-state index >= 15 is 0 Å². The molecular formula is C13H25IN4O2S2. The minimum Gasteiger partial charge on any atom is -0.357 e. The van der Waals surface area contributed by atoms with Gasteiger partial charge in [-0.1, -0.05) is 6.92 Å². The lowest BCUT2D eigenvalue weighted by molar-refractivity contribution is 0.597. The van der Waals surface area contributed by atoms with Gasteiger partial charge in [-0.05, 0) is 13.8 Å². The molecule has 0 fully saturated rings. The van der Waals surface area contributed by atoms with Crippen molar-refractivity contribution in [3.8, 4) is 0 Å². The monoisotopic (exact) mass is 460 g/mol. The number of sulfone groups is 1. The number of hydrogen-bond acceptors (Lipinski definition) is 5. The van der Waals surface area contributed by atoms with Gasteiger partial charge in [0.15, 0.2) is 15.8 Å². The molecule has 0 aliphatic rings. The van der Waals surface area contributed by atoms with E-state index in [0.29, 0.717) is 5.96 Å². The quantitative estimate of drug-likeness (QED) is 0.350. The number of nitrogens with one attached hydrogen (secondary N) is 2. The van der Waals surface area contributed by atoms with Crippen molar-refractivity contribution < 1.29 is 8.42 Å². The molecule has 0 spiro atoms. The minimum atomic E-state index is -2.96. The van der Waals surface area contributed by atoms with E-state index in [1.54, 1.807) is 18.3 Å². The molecule has 0 bridgehead atoms. The SMILES string of the molecule is CCNC(=NCCS(=O)(=O)CC)NCCc1csc(C)n1.I. The van der Waals surface area contributed by atoms with Gasteiger partial charge in [-0.3, -0.25) is 4.99 Å². The molecule has 0 atom stereocenters. The summed E-state index contributed by atoms with van der Waals surface area (Å²) in [6.07, 6.45) is 0.821. The van der Waals surface area contributed by atoms with Crippen molar-refractivity contribution >= 4 is 51.1 Å². The molecule has 0 aliphatic heterocycles. The lowest BCUT2D eigenvalue weighted by Gasteiger charge is -2.10. The number of halogens is 1. The fourth-order valence-electron chi connectivity index (χ4n) is 1.61. The standard InChI is InChI=1S/C13H24N4O2S2.HI/c1-4-14-13(16-8-9-21(18,19)5-2)15-7-6-12-10-20-11(3)17-12;/h10H,4-9H2,1-3H3,(H2,14,15,16);1H. The maximum Gasteiger partial charge on any atom is 0.191 e. The molecule has 1 aromatic rings. The Bertz CT molecular complexity index is 558. The summed E-state index contributed by atoms with van der Waals surface area (Å²) in [4.78, 5) is 8.68. The molecule has 9 heteroatoms. The average molecular weight is 460 g/mol. The first kappa shape index (κ1) is 21.6. The number of thiazole rings is 1. The Labute approximate surface area is 154 Å². The number of rotatable bonds is 8. The molecule has 0 aromatic carbocycles. The third-order valence-electron chi connectivity index (χ3n) is 2.80.